The zero-order chi connectivity index (χ0) is 15.4. The lowest BCUT2D eigenvalue weighted by atomic mass is 10.0. The van der Waals surface area contributed by atoms with E-state index in [9.17, 15) is 5.11 Å². The van der Waals surface area contributed by atoms with E-state index in [1.807, 2.05) is 36.4 Å². The Kier molecular flexibility index (Phi) is 4.52. The second-order valence-corrected chi connectivity index (χ2v) is 5.66. The molecule has 0 spiro atoms. The summed E-state index contributed by atoms with van der Waals surface area (Å²) in [6, 6.07) is 24.8. The molecule has 3 aromatic rings. The van der Waals surface area contributed by atoms with Gasteiger partial charge in [-0.25, -0.2) is 0 Å². The number of hydrogen-bond acceptors (Lipinski definition) is 2. The number of rotatable bonds is 5. The third-order valence-electron chi connectivity index (χ3n) is 4.08. The van der Waals surface area contributed by atoms with Crippen molar-refractivity contribution in [1.82, 2.24) is 5.32 Å². The minimum absolute atomic E-state index is 0.219. The number of aliphatic hydroxyl groups excluding tert-OH is 1. The van der Waals surface area contributed by atoms with Gasteiger partial charge in [0.25, 0.3) is 0 Å². The van der Waals surface area contributed by atoms with E-state index >= 15 is 0 Å². The molecule has 0 saturated heterocycles. The van der Waals surface area contributed by atoms with Crippen molar-refractivity contribution < 1.29 is 5.11 Å². The first-order valence-electron chi connectivity index (χ1n) is 7.69. The maximum atomic E-state index is 10.4. The SMILES string of the molecule is C[C@H](NC[C@H](O)c1ccc2ccccc2c1)c1ccccc1. The maximum absolute atomic E-state index is 10.4. The van der Waals surface area contributed by atoms with Crippen molar-refractivity contribution >= 4 is 10.8 Å². The standard InChI is InChI=1S/C20H21NO/c1-15(16-7-3-2-4-8-16)21-14-20(22)19-12-11-17-9-5-6-10-18(17)13-19/h2-13,15,20-22H,14H2,1H3/t15-,20-/m0/s1. The van der Waals surface area contributed by atoms with Gasteiger partial charge in [0.1, 0.15) is 0 Å². The van der Waals surface area contributed by atoms with Crippen LogP contribution in [-0.2, 0) is 0 Å². The summed E-state index contributed by atoms with van der Waals surface area (Å²) in [6.45, 7) is 2.65. The third-order valence-corrected chi connectivity index (χ3v) is 4.08. The van der Waals surface area contributed by atoms with Crippen molar-refractivity contribution in [3.8, 4) is 0 Å². The van der Waals surface area contributed by atoms with Crippen molar-refractivity contribution in [2.75, 3.05) is 6.54 Å². The average molecular weight is 291 g/mol. The lowest BCUT2D eigenvalue weighted by Crippen LogP contribution is -2.24. The number of benzene rings is 3. The fourth-order valence-corrected chi connectivity index (χ4v) is 2.68. The summed E-state index contributed by atoms with van der Waals surface area (Å²) in [5.41, 5.74) is 2.18. The van der Waals surface area contributed by atoms with Crippen LogP contribution in [-0.4, -0.2) is 11.7 Å². The Balaban J connectivity index is 1.67. The lowest BCUT2D eigenvalue weighted by Gasteiger charge is -2.18. The fourth-order valence-electron chi connectivity index (χ4n) is 2.68. The first-order valence-corrected chi connectivity index (χ1v) is 7.69. The maximum Gasteiger partial charge on any atom is 0.0914 e. The van der Waals surface area contributed by atoms with Crippen LogP contribution in [0.1, 0.15) is 30.2 Å². The van der Waals surface area contributed by atoms with Crippen molar-refractivity contribution in [2.45, 2.75) is 19.1 Å². The fraction of sp³-hybridized carbons (Fsp3) is 0.200. The summed E-state index contributed by atoms with van der Waals surface area (Å²) in [7, 11) is 0. The molecule has 3 aromatic carbocycles. The predicted octanol–water partition coefficient (Wildman–Crippen LogP) is 4.22. The average Bonchev–Trinajstić information content (AvgIpc) is 2.59. The molecule has 0 amide bonds. The summed E-state index contributed by atoms with van der Waals surface area (Å²) in [4.78, 5) is 0. The van der Waals surface area contributed by atoms with Crippen LogP contribution < -0.4 is 5.32 Å². The van der Waals surface area contributed by atoms with Gasteiger partial charge < -0.3 is 10.4 Å². The van der Waals surface area contributed by atoms with Gasteiger partial charge in [-0.3, -0.25) is 0 Å². The molecular weight excluding hydrogens is 270 g/mol. The van der Waals surface area contributed by atoms with Gasteiger partial charge in [0, 0.05) is 12.6 Å². The van der Waals surface area contributed by atoms with E-state index in [1.54, 1.807) is 0 Å². The van der Waals surface area contributed by atoms with Gasteiger partial charge >= 0.3 is 0 Å². The molecule has 2 heteroatoms. The molecule has 0 heterocycles. The molecular formula is C20H21NO. The molecule has 2 nitrogen and oxygen atoms in total. The largest absolute Gasteiger partial charge is 0.387 e. The Bertz CT molecular complexity index is 739. The van der Waals surface area contributed by atoms with Crippen molar-refractivity contribution in [2.24, 2.45) is 0 Å². The molecule has 0 unspecified atom stereocenters. The van der Waals surface area contributed by atoms with E-state index in [-0.39, 0.29) is 6.04 Å². The van der Waals surface area contributed by atoms with Crippen LogP contribution in [0.3, 0.4) is 0 Å². The van der Waals surface area contributed by atoms with Crippen molar-refractivity contribution in [3.63, 3.8) is 0 Å². The molecule has 112 valence electrons. The number of fused-ring (bicyclic) bond motifs is 1. The third kappa shape index (κ3) is 3.35. The smallest absolute Gasteiger partial charge is 0.0914 e. The van der Waals surface area contributed by atoms with Crippen LogP contribution in [0.25, 0.3) is 10.8 Å². The van der Waals surface area contributed by atoms with E-state index in [4.69, 9.17) is 0 Å². The van der Waals surface area contributed by atoms with Gasteiger partial charge in [-0.15, -0.1) is 0 Å². The molecule has 22 heavy (non-hydrogen) atoms. The highest BCUT2D eigenvalue weighted by molar-refractivity contribution is 5.83. The van der Waals surface area contributed by atoms with Crippen LogP contribution in [0.5, 0.6) is 0 Å². The monoisotopic (exact) mass is 291 g/mol. The normalized spacial score (nSPS) is 13.9. The number of nitrogens with one attached hydrogen (secondary N) is 1. The van der Waals surface area contributed by atoms with Gasteiger partial charge in [-0.05, 0) is 34.9 Å². The summed E-state index contributed by atoms with van der Waals surface area (Å²) in [5, 5.41) is 16.2. The van der Waals surface area contributed by atoms with Crippen LogP contribution in [0.2, 0.25) is 0 Å². The molecule has 0 aliphatic rings. The van der Waals surface area contributed by atoms with E-state index in [1.165, 1.54) is 10.9 Å². The minimum Gasteiger partial charge on any atom is -0.387 e. The summed E-state index contributed by atoms with van der Waals surface area (Å²) < 4.78 is 0. The molecule has 0 aromatic heterocycles. The minimum atomic E-state index is -0.504. The Hall–Kier alpha value is -2.16. The predicted molar refractivity (Wildman–Crippen MR) is 91.8 cm³/mol. The first kappa shape index (κ1) is 14.8. The zero-order valence-corrected chi connectivity index (χ0v) is 12.7. The quantitative estimate of drug-likeness (QED) is 0.737. The molecule has 0 aliphatic heterocycles. The van der Waals surface area contributed by atoms with E-state index in [0.717, 1.165) is 10.9 Å². The molecule has 0 aliphatic carbocycles. The van der Waals surface area contributed by atoms with Gasteiger partial charge in [-0.1, -0.05) is 66.7 Å². The summed E-state index contributed by atoms with van der Waals surface area (Å²) in [6.07, 6.45) is -0.504. The van der Waals surface area contributed by atoms with Gasteiger partial charge in [-0.2, -0.15) is 0 Å². The van der Waals surface area contributed by atoms with E-state index < -0.39 is 6.10 Å². The summed E-state index contributed by atoms with van der Waals surface area (Å²) in [5.74, 6) is 0. The van der Waals surface area contributed by atoms with Gasteiger partial charge in [0.05, 0.1) is 6.10 Å². The highest BCUT2D eigenvalue weighted by atomic mass is 16.3. The molecule has 0 fully saturated rings. The molecule has 3 rings (SSSR count). The van der Waals surface area contributed by atoms with Crippen LogP contribution in [0, 0.1) is 0 Å². The molecule has 2 atom stereocenters. The summed E-state index contributed by atoms with van der Waals surface area (Å²) >= 11 is 0. The molecule has 2 N–H and O–H groups in total. The molecule has 0 saturated carbocycles. The van der Waals surface area contributed by atoms with Gasteiger partial charge in [0.15, 0.2) is 0 Å². The topological polar surface area (TPSA) is 32.3 Å². The van der Waals surface area contributed by atoms with Gasteiger partial charge in [0.2, 0.25) is 0 Å². The van der Waals surface area contributed by atoms with E-state index in [0.29, 0.717) is 6.54 Å². The lowest BCUT2D eigenvalue weighted by molar-refractivity contribution is 0.171. The molecule has 0 radical (unpaired) electrons. The Morgan fingerprint density at radius 1 is 0.818 bits per heavy atom. The zero-order valence-electron chi connectivity index (χ0n) is 12.7. The van der Waals surface area contributed by atoms with Crippen LogP contribution >= 0.6 is 0 Å². The first-order chi connectivity index (χ1) is 10.7. The Labute approximate surface area is 131 Å². The number of hydrogen-bond donors (Lipinski definition) is 2. The molecule has 0 bridgehead atoms. The second kappa shape index (κ2) is 6.73. The Morgan fingerprint density at radius 3 is 2.27 bits per heavy atom. The number of aliphatic hydroxyl groups is 1. The Morgan fingerprint density at radius 2 is 1.50 bits per heavy atom. The second-order valence-electron chi connectivity index (χ2n) is 5.66. The van der Waals surface area contributed by atoms with Crippen molar-refractivity contribution in [3.05, 3.63) is 83.9 Å². The van der Waals surface area contributed by atoms with Crippen LogP contribution in [0.15, 0.2) is 72.8 Å². The van der Waals surface area contributed by atoms with Crippen molar-refractivity contribution in [1.29, 1.82) is 0 Å². The van der Waals surface area contributed by atoms with E-state index in [2.05, 4.69) is 48.6 Å². The highest BCUT2D eigenvalue weighted by Gasteiger charge is 2.11. The van der Waals surface area contributed by atoms with Crippen LogP contribution in [0.4, 0.5) is 0 Å². The highest BCUT2D eigenvalue weighted by Crippen LogP contribution is 2.21.